The number of para-hydroxylation sites is 2. The van der Waals surface area contributed by atoms with Gasteiger partial charge in [-0.05, 0) is 51.4 Å². The Bertz CT molecular complexity index is 560. The fourth-order valence-corrected chi connectivity index (χ4v) is 3.04. The van der Waals surface area contributed by atoms with E-state index in [9.17, 15) is 0 Å². The van der Waals surface area contributed by atoms with Gasteiger partial charge in [0, 0.05) is 19.7 Å². The fourth-order valence-electron chi connectivity index (χ4n) is 3.04. The molecule has 0 bridgehead atoms. The minimum atomic E-state index is 0.524. The Hall–Kier alpha value is -1.39. The molecule has 2 aromatic rings. The molecule has 1 aliphatic heterocycles. The molecule has 1 aliphatic rings. The van der Waals surface area contributed by atoms with Gasteiger partial charge in [0.15, 0.2) is 0 Å². The first-order valence-corrected chi connectivity index (χ1v) is 8.03. The van der Waals surface area contributed by atoms with Crippen molar-refractivity contribution in [3.63, 3.8) is 0 Å². The van der Waals surface area contributed by atoms with Crippen LogP contribution in [0.1, 0.15) is 25.7 Å². The summed E-state index contributed by atoms with van der Waals surface area (Å²) < 4.78 is 7.91. The smallest absolute Gasteiger partial charge is 0.0958 e. The molecule has 0 aliphatic carbocycles. The highest BCUT2D eigenvalue weighted by Gasteiger charge is 2.14. The van der Waals surface area contributed by atoms with Crippen LogP contribution < -0.4 is 0 Å². The first-order chi connectivity index (χ1) is 10.3. The van der Waals surface area contributed by atoms with Crippen molar-refractivity contribution in [2.75, 3.05) is 26.7 Å². The zero-order valence-electron chi connectivity index (χ0n) is 12.9. The molecule has 0 spiro atoms. The summed E-state index contributed by atoms with van der Waals surface area (Å²) in [6.45, 7) is 4.17. The summed E-state index contributed by atoms with van der Waals surface area (Å²) in [6, 6.07) is 8.32. The number of hydrogen-bond donors (Lipinski definition) is 0. The van der Waals surface area contributed by atoms with E-state index in [1.54, 1.807) is 0 Å². The second kappa shape index (κ2) is 7.05. The molecular weight excluding hydrogens is 262 g/mol. The van der Waals surface area contributed by atoms with E-state index >= 15 is 0 Å². The van der Waals surface area contributed by atoms with E-state index in [4.69, 9.17) is 4.74 Å². The summed E-state index contributed by atoms with van der Waals surface area (Å²) in [5.74, 6) is 0. The van der Waals surface area contributed by atoms with Gasteiger partial charge in [0.2, 0.25) is 0 Å². The average molecular weight is 287 g/mol. The van der Waals surface area contributed by atoms with Gasteiger partial charge in [0.1, 0.15) is 0 Å². The molecule has 21 heavy (non-hydrogen) atoms. The number of imidazole rings is 1. The Morgan fingerprint density at radius 3 is 3.10 bits per heavy atom. The number of fused-ring (bicyclic) bond motifs is 1. The molecule has 2 heterocycles. The van der Waals surface area contributed by atoms with E-state index in [1.165, 1.54) is 31.2 Å². The second-order valence-corrected chi connectivity index (χ2v) is 6.01. The van der Waals surface area contributed by atoms with Crippen molar-refractivity contribution < 1.29 is 4.74 Å². The van der Waals surface area contributed by atoms with Crippen LogP contribution in [0.4, 0.5) is 0 Å². The van der Waals surface area contributed by atoms with Crippen molar-refractivity contribution in [1.29, 1.82) is 0 Å². The van der Waals surface area contributed by atoms with Gasteiger partial charge in [-0.15, -0.1) is 0 Å². The zero-order valence-corrected chi connectivity index (χ0v) is 12.9. The molecule has 1 aromatic carbocycles. The quantitative estimate of drug-likeness (QED) is 0.784. The van der Waals surface area contributed by atoms with E-state index in [0.29, 0.717) is 6.10 Å². The van der Waals surface area contributed by atoms with Gasteiger partial charge in [0.05, 0.1) is 23.5 Å². The van der Waals surface area contributed by atoms with Crippen molar-refractivity contribution in [2.45, 2.75) is 38.3 Å². The summed E-state index contributed by atoms with van der Waals surface area (Å²) in [5.41, 5.74) is 2.31. The molecule has 1 aromatic heterocycles. The molecule has 4 nitrogen and oxygen atoms in total. The Morgan fingerprint density at radius 2 is 2.24 bits per heavy atom. The zero-order chi connectivity index (χ0) is 14.5. The summed E-state index contributed by atoms with van der Waals surface area (Å²) in [7, 11) is 2.20. The van der Waals surface area contributed by atoms with Crippen LogP contribution in [0.2, 0.25) is 0 Å². The van der Waals surface area contributed by atoms with Crippen LogP contribution >= 0.6 is 0 Å². The van der Waals surface area contributed by atoms with Crippen molar-refractivity contribution in [3.05, 3.63) is 30.6 Å². The van der Waals surface area contributed by atoms with Crippen molar-refractivity contribution >= 4 is 11.0 Å². The van der Waals surface area contributed by atoms with Crippen molar-refractivity contribution in [2.24, 2.45) is 0 Å². The number of likely N-dealkylation sites (N-methyl/N-ethyl adjacent to an activating group) is 1. The van der Waals surface area contributed by atoms with E-state index < -0.39 is 0 Å². The Balaban J connectivity index is 1.41. The number of ether oxygens (including phenoxy) is 1. The highest BCUT2D eigenvalue weighted by atomic mass is 16.5. The molecular formula is C17H25N3O. The van der Waals surface area contributed by atoms with Gasteiger partial charge in [-0.1, -0.05) is 12.1 Å². The van der Waals surface area contributed by atoms with Crippen molar-refractivity contribution in [1.82, 2.24) is 14.5 Å². The van der Waals surface area contributed by atoms with Crippen LogP contribution in [0.3, 0.4) is 0 Å². The molecule has 1 fully saturated rings. The third kappa shape index (κ3) is 3.83. The molecule has 3 rings (SSSR count). The lowest BCUT2D eigenvalue weighted by molar-refractivity contribution is 0.0996. The predicted octanol–water partition coefficient (Wildman–Crippen LogP) is 2.93. The first kappa shape index (κ1) is 14.5. The monoisotopic (exact) mass is 287 g/mol. The number of nitrogens with zero attached hydrogens (tertiary/aromatic N) is 3. The summed E-state index contributed by atoms with van der Waals surface area (Å²) in [5, 5.41) is 0. The van der Waals surface area contributed by atoms with Crippen LogP contribution in [-0.2, 0) is 11.3 Å². The van der Waals surface area contributed by atoms with Crippen LogP contribution in [0.15, 0.2) is 30.6 Å². The molecule has 1 atom stereocenters. The first-order valence-electron chi connectivity index (χ1n) is 8.03. The third-order valence-electron chi connectivity index (χ3n) is 4.34. The maximum Gasteiger partial charge on any atom is 0.0958 e. The minimum absolute atomic E-state index is 0.524. The maximum atomic E-state index is 5.67. The molecule has 0 saturated carbocycles. The second-order valence-electron chi connectivity index (χ2n) is 6.01. The lowest BCUT2D eigenvalue weighted by Gasteiger charge is -2.18. The Labute approximate surface area is 126 Å². The topological polar surface area (TPSA) is 30.3 Å². The van der Waals surface area contributed by atoms with Gasteiger partial charge < -0.3 is 14.2 Å². The van der Waals surface area contributed by atoms with Crippen molar-refractivity contribution in [3.8, 4) is 0 Å². The van der Waals surface area contributed by atoms with Gasteiger partial charge in [-0.3, -0.25) is 0 Å². The highest BCUT2D eigenvalue weighted by Crippen LogP contribution is 2.17. The third-order valence-corrected chi connectivity index (χ3v) is 4.34. The molecule has 0 unspecified atom stereocenters. The summed E-state index contributed by atoms with van der Waals surface area (Å²) in [6.07, 6.45) is 7.41. The Kier molecular flexibility index (Phi) is 4.88. The van der Waals surface area contributed by atoms with Gasteiger partial charge in [-0.25, -0.2) is 4.98 Å². The van der Waals surface area contributed by atoms with Crippen LogP contribution in [0, 0.1) is 0 Å². The van der Waals surface area contributed by atoms with Gasteiger partial charge in [-0.2, -0.15) is 0 Å². The van der Waals surface area contributed by atoms with E-state index in [-0.39, 0.29) is 0 Å². The maximum absolute atomic E-state index is 5.67. The number of rotatable bonds is 7. The van der Waals surface area contributed by atoms with E-state index in [1.807, 2.05) is 12.4 Å². The molecule has 114 valence electrons. The number of benzene rings is 1. The largest absolute Gasteiger partial charge is 0.378 e. The molecule has 0 amide bonds. The van der Waals surface area contributed by atoms with E-state index in [0.717, 1.165) is 31.8 Å². The Morgan fingerprint density at radius 1 is 1.33 bits per heavy atom. The number of aromatic nitrogens is 2. The standard InChI is InChI=1S/C17H25N3O/c1-19(10-4-6-15-7-5-13-21-15)11-12-20-14-18-16-8-2-3-9-17(16)20/h2-3,8-9,14-15H,4-7,10-13H2,1H3/t15-/m1/s1. The average Bonchev–Trinajstić information content (AvgIpc) is 3.14. The summed E-state index contributed by atoms with van der Waals surface area (Å²) >= 11 is 0. The normalized spacial score (nSPS) is 18.9. The number of hydrogen-bond acceptors (Lipinski definition) is 3. The fraction of sp³-hybridized carbons (Fsp3) is 0.588. The lowest BCUT2D eigenvalue weighted by atomic mass is 10.1. The van der Waals surface area contributed by atoms with Crippen LogP contribution in [0.25, 0.3) is 11.0 Å². The molecule has 1 saturated heterocycles. The van der Waals surface area contributed by atoms with Gasteiger partial charge >= 0.3 is 0 Å². The van der Waals surface area contributed by atoms with Crippen LogP contribution in [-0.4, -0.2) is 47.3 Å². The molecule has 4 heteroatoms. The van der Waals surface area contributed by atoms with E-state index in [2.05, 4.69) is 39.7 Å². The highest BCUT2D eigenvalue weighted by molar-refractivity contribution is 5.74. The predicted molar refractivity (Wildman–Crippen MR) is 85.4 cm³/mol. The SMILES string of the molecule is CN(CCC[C@@H]1CCCO1)CCn1cnc2ccccc21. The molecule has 0 radical (unpaired) electrons. The van der Waals surface area contributed by atoms with Gasteiger partial charge in [0.25, 0.3) is 0 Å². The minimum Gasteiger partial charge on any atom is -0.378 e. The summed E-state index contributed by atoms with van der Waals surface area (Å²) in [4.78, 5) is 6.85. The van der Waals surface area contributed by atoms with Crippen LogP contribution in [0.5, 0.6) is 0 Å². The lowest BCUT2D eigenvalue weighted by Crippen LogP contribution is -2.25. The molecule has 0 N–H and O–H groups in total.